The Labute approximate surface area is 80.8 Å². The highest BCUT2D eigenvalue weighted by Gasteiger charge is 2.12. The molecule has 0 aromatic rings. The van der Waals surface area contributed by atoms with E-state index in [2.05, 4.69) is 15.6 Å². The van der Waals surface area contributed by atoms with Crippen molar-refractivity contribution in [2.75, 3.05) is 13.3 Å². The fraction of sp³-hybridized carbons (Fsp3) is 0.429. The lowest BCUT2D eigenvalue weighted by Crippen LogP contribution is -2.07. The molecule has 0 fully saturated rings. The van der Waals surface area contributed by atoms with Crippen LogP contribution in [0.4, 0.5) is 0 Å². The van der Waals surface area contributed by atoms with Crippen LogP contribution in [-0.2, 0) is 18.6 Å². The number of hydrogen-bond acceptors (Lipinski definition) is 4. The molecule has 0 aromatic carbocycles. The largest absolute Gasteiger partial charge is 0.448 e. The maximum Gasteiger partial charge on any atom is 0.336 e. The van der Waals surface area contributed by atoms with Gasteiger partial charge in [-0.15, -0.1) is 0 Å². The summed E-state index contributed by atoms with van der Waals surface area (Å²) in [4.78, 5) is 21.8. The average Bonchev–Trinajstić information content (AvgIpc) is 2.05. The van der Waals surface area contributed by atoms with E-state index in [4.69, 9.17) is 0 Å². The highest BCUT2D eigenvalue weighted by molar-refractivity contribution is 7.32. The van der Waals surface area contributed by atoms with Crippen LogP contribution in [0.25, 0.3) is 0 Å². The third kappa shape index (κ3) is 5.73. The van der Waals surface area contributed by atoms with Crippen molar-refractivity contribution >= 4 is 29.6 Å². The van der Waals surface area contributed by atoms with Gasteiger partial charge in [0.15, 0.2) is 0 Å². The van der Waals surface area contributed by atoms with Crippen molar-refractivity contribution in [1.29, 1.82) is 0 Å². The second-order valence-corrected chi connectivity index (χ2v) is 3.28. The zero-order chi connectivity index (χ0) is 10.3. The lowest BCUT2D eigenvalue weighted by atomic mass is 10.2. The van der Waals surface area contributed by atoms with E-state index in [1.54, 1.807) is 13.3 Å². The molecular formula is C7H12O4P2. The van der Waals surface area contributed by atoms with Crippen molar-refractivity contribution in [3.63, 3.8) is 0 Å². The zero-order valence-electron chi connectivity index (χ0n) is 7.55. The normalized spacial score (nSPS) is 10.9. The predicted octanol–water partition coefficient (Wildman–Crippen LogP) is 1.47. The van der Waals surface area contributed by atoms with Crippen LogP contribution >= 0.6 is 17.6 Å². The Balaban J connectivity index is 3.86. The Morgan fingerprint density at radius 2 is 1.77 bits per heavy atom. The first kappa shape index (κ1) is 12.5. The van der Waals surface area contributed by atoms with Crippen molar-refractivity contribution in [2.24, 2.45) is 0 Å². The van der Waals surface area contributed by atoms with Crippen LogP contribution < -0.4 is 0 Å². The standard InChI is InChI=1S/C7H12O4P2/c1-5(7(9)11-13-3)4-6(8)10-12-2/h12-13H,1,4H2,2-3H3. The molecule has 6 heteroatoms. The van der Waals surface area contributed by atoms with Gasteiger partial charge in [-0.3, -0.25) is 4.79 Å². The monoisotopic (exact) mass is 222 g/mol. The molecule has 2 unspecified atom stereocenters. The quantitative estimate of drug-likeness (QED) is 0.522. The van der Waals surface area contributed by atoms with Gasteiger partial charge in [0, 0.05) is 5.57 Å². The molecule has 0 spiro atoms. The van der Waals surface area contributed by atoms with Crippen LogP contribution in [0.15, 0.2) is 12.2 Å². The van der Waals surface area contributed by atoms with Crippen LogP contribution in [0.5, 0.6) is 0 Å². The highest BCUT2D eigenvalue weighted by Crippen LogP contribution is 2.14. The summed E-state index contributed by atoms with van der Waals surface area (Å²) in [5.74, 6) is -0.973. The van der Waals surface area contributed by atoms with E-state index in [1.807, 2.05) is 0 Å². The molecule has 13 heavy (non-hydrogen) atoms. The summed E-state index contributed by atoms with van der Waals surface area (Å²) < 4.78 is 9.33. The molecule has 0 amide bonds. The SMILES string of the molecule is C=C(CC(=O)OPC)C(=O)OPC. The number of carbonyl (C=O) groups is 2. The molecule has 0 rings (SSSR count). The predicted molar refractivity (Wildman–Crippen MR) is 54.4 cm³/mol. The molecule has 0 aliphatic heterocycles. The molecule has 0 aliphatic rings. The van der Waals surface area contributed by atoms with Gasteiger partial charge in [-0.05, 0) is 13.3 Å². The summed E-state index contributed by atoms with van der Waals surface area (Å²) in [5, 5.41) is 0. The van der Waals surface area contributed by atoms with E-state index in [9.17, 15) is 9.59 Å². The molecule has 0 saturated carbocycles. The van der Waals surface area contributed by atoms with Crippen molar-refractivity contribution in [1.82, 2.24) is 0 Å². The molecule has 4 nitrogen and oxygen atoms in total. The molecular weight excluding hydrogens is 210 g/mol. The molecule has 0 N–H and O–H groups in total. The van der Waals surface area contributed by atoms with Crippen LogP contribution in [0, 0.1) is 0 Å². The summed E-state index contributed by atoms with van der Waals surface area (Å²) >= 11 is 0. The van der Waals surface area contributed by atoms with Crippen molar-refractivity contribution in [3.8, 4) is 0 Å². The first-order valence-electron chi connectivity index (χ1n) is 3.54. The molecule has 2 atom stereocenters. The molecule has 0 radical (unpaired) electrons. The maximum absolute atomic E-state index is 11.0. The average molecular weight is 222 g/mol. The summed E-state index contributed by atoms with van der Waals surface area (Å²) in [7, 11) is 0.159. The Hall–Kier alpha value is -0.460. The lowest BCUT2D eigenvalue weighted by Gasteiger charge is -2.03. The minimum atomic E-state index is -0.530. The fourth-order valence-electron chi connectivity index (χ4n) is 0.561. The summed E-state index contributed by atoms with van der Waals surface area (Å²) in [6.45, 7) is 6.88. The van der Waals surface area contributed by atoms with E-state index in [0.717, 1.165) is 0 Å². The van der Waals surface area contributed by atoms with E-state index in [1.165, 1.54) is 0 Å². The van der Waals surface area contributed by atoms with Crippen molar-refractivity contribution in [3.05, 3.63) is 12.2 Å². The first-order chi connectivity index (χ1) is 6.11. The number of rotatable bonds is 5. The van der Waals surface area contributed by atoms with Crippen LogP contribution in [0.1, 0.15) is 6.42 Å². The fourth-order valence-corrected chi connectivity index (χ4v) is 1.19. The molecule has 0 bridgehead atoms. The van der Waals surface area contributed by atoms with Gasteiger partial charge in [0.25, 0.3) is 0 Å². The van der Waals surface area contributed by atoms with E-state index in [-0.39, 0.29) is 29.6 Å². The Bertz CT molecular complexity index is 215. The molecule has 0 heterocycles. The van der Waals surface area contributed by atoms with Gasteiger partial charge in [0.2, 0.25) is 0 Å². The van der Waals surface area contributed by atoms with Gasteiger partial charge in [-0.2, -0.15) is 0 Å². The Morgan fingerprint density at radius 3 is 2.23 bits per heavy atom. The second kappa shape index (κ2) is 6.99. The Kier molecular flexibility index (Phi) is 6.75. The minimum absolute atomic E-state index is 0.0677. The van der Waals surface area contributed by atoms with Gasteiger partial charge in [-0.25, -0.2) is 4.79 Å². The zero-order valence-corrected chi connectivity index (χ0v) is 9.55. The first-order valence-corrected chi connectivity index (χ1v) is 6.35. The third-order valence-electron chi connectivity index (χ3n) is 1.06. The van der Waals surface area contributed by atoms with E-state index >= 15 is 0 Å². The van der Waals surface area contributed by atoms with Crippen molar-refractivity contribution in [2.45, 2.75) is 6.42 Å². The molecule has 74 valence electrons. The summed E-state index contributed by atoms with van der Waals surface area (Å²) in [6, 6.07) is 0. The Morgan fingerprint density at radius 1 is 1.23 bits per heavy atom. The molecule has 0 aromatic heterocycles. The summed E-state index contributed by atoms with van der Waals surface area (Å²) in [5.41, 5.74) is 0.137. The third-order valence-corrected chi connectivity index (χ3v) is 1.88. The minimum Gasteiger partial charge on any atom is -0.448 e. The number of hydrogen-bond donors (Lipinski definition) is 0. The van der Waals surface area contributed by atoms with Gasteiger partial charge in [0.05, 0.1) is 24.0 Å². The highest BCUT2D eigenvalue weighted by atomic mass is 31.1. The summed E-state index contributed by atoms with van der Waals surface area (Å²) in [6.07, 6.45) is -0.0931. The van der Waals surface area contributed by atoms with E-state index < -0.39 is 11.9 Å². The lowest BCUT2D eigenvalue weighted by molar-refractivity contribution is -0.135. The van der Waals surface area contributed by atoms with Crippen LogP contribution in [-0.4, -0.2) is 25.3 Å². The molecule has 0 aliphatic carbocycles. The molecule has 0 saturated heterocycles. The van der Waals surface area contributed by atoms with Gasteiger partial charge in [0.1, 0.15) is 0 Å². The van der Waals surface area contributed by atoms with Gasteiger partial charge in [-0.1, -0.05) is 6.58 Å². The topological polar surface area (TPSA) is 52.6 Å². The van der Waals surface area contributed by atoms with E-state index in [0.29, 0.717) is 0 Å². The smallest absolute Gasteiger partial charge is 0.336 e. The number of carbonyl (C=O) groups excluding carboxylic acids is 2. The van der Waals surface area contributed by atoms with Crippen LogP contribution in [0.3, 0.4) is 0 Å². The maximum atomic E-state index is 11.0. The second-order valence-electron chi connectivity index (χ2n) is 2.05. The van der Waals surface area contributed by atoms with Gasteiger partial charge < -0.3 is 9.05 Å². The van der Waals surface area contributed by atoms with Gasteiger partial charge >= 0.3 is 11.9 Å². The van der Waals surface area contributed by atoms with Crippen LogP contribution in [0.2, 0.25) is 0 Å². The van der Waals surface area contributed by atoms with Crippen molar-refractivity contribution < 1.29 is 18.6 Å².